The van der Waals surface area contributed by atoms with Crippen molar-refractivity contribution in [1.82, 2.24) is 4.90 Å². The molecule has 2 aliphatic rings. The molecule has 3 N–H and O–H groups in total. The largest absolute Gasteiger partial charge is 0.481 e. The van der Waals surface area contributed by atoms with Gasteiger partial charge in [0.2, 0.25) is 0 Å². The summed E-state index contributed by atoms with van der Waals surface area (Å²) >= 11 is 0. The fraction of sp³-hybridized carbons (Fsp3) is 0.565. The summed E-state index contributed by atoms with van der Waals surface area (Å²) in [7, 11) is 0. The summed E-state index contributed by atoms with van der Waals surface area (Å²) in [5.74, 6) is -0.478. The number of nitrogens with two attached hydrogens (primary N) is 1. The van der Waals surface area contributed by atoms with Crippen LogP contribution in [0, 0.1) is 5.92 Å². The van der Waals surface area contributed by atoms with Gasteiger partial charge in [-0.3, -0.25) is 14.5 Å². The molecule has 0 radical (unpaired) electrons. The van der Waals surface area contributed by atoms with Crippen molar-refractivity contribution in [3.8, 4) is 0 Å². The number of carbonyl (C=O) groups excluding carboxylic acids is 1. The summed E-state index contributed by atoms with van der Waals surface area (Å²) in [5.41, 5.74) is 7.67. The highest BCUT2D eigenvalue weighted by Gasteiger charge is 2.45. The Hall–Kier alpha value is -2.22. The van der Waals surface area contributed by atoms with Gasteiger partial charge in [0.05, 0.1) is 32.0 Å². The van der Waals surface area contributed by atoms with Crippen LogP contribution < -0.4 is 5.73 Å². The van der Waals surface area contributed by atoms with Gasteiger partial charge in [0.25, 0.3) is 0 Å². The van der Waals surface area contributed by atoms with Crippen LogP contribution in [0.3, 0.4) is 0 Å². The van der Waals surface area contributed by atoms with E-state index in [-0.39, 0.29) is 30.3 Å². The monoisotopic (exact) mass is 416 g/mol. The van der Waals surface area contributed by atoms with Gasteiger partial charge in [0, 0.05) is 43.1 Å². The van der Waals surface area contributed by atoms with Crippen molar-refractivity contribution in [3.63, 3.8) is 0 Å². The van der Waals surface area contributed by atoms with Gasteiger partial charge in [-0.05, 0) is 25.3 Å². The Bertz CT molecular complexity index is 745. The lowest BCUT2D eigenvalue weighted by atomic mass is 9.95. The first-order valence-electron chi connectivity index (χ1n) is 10.7. The third-order valence-electron chi connectivity index (χ3n) is 5.90. The van der Waals surface area contributed by atoms with Crippen LogP contribution in [0.4, 0.5) is 5.69 Å². The number of ether oxygens (including phenoxy) is 2. The summed E-state index contributed by atoms with van der Waals surface area (Å²) in [4.78, 5) is 25.8. The standard InChI is InChI=1S/C23H32N2O5/c24-19-9-6-5-7-17(19)16-30-21-15-20(26)23(25-11-13-29-14-12-25)18(21)8-3-1-2-4-10-22(27)28/h1,3,5-7,9,18,21,23H,2,4,8,10-16,24H2,(H,27,28)/t18-,21-,23+/m1/s1. The number of nitrogens with zero attached hydrogens (tertiary/aromatic N) is 1. The summed E-state index contributed by atoms with van der Waals surface area (Å²) in [5, 5.41) is 8.76. The molecule has 2 fully saturated rings. The number of Topliss-reactive ketones (excluding diaryl/α,β-unsaturated/α-hetero) is 1. The van der Waals surface area contributed by atoms with Crippen LogP contribution in [0.2, 0.25) is 0 Å². The van der Waals surface area contributed by atoms with E-state index in [0.717, 1.165) is 31.5 Å². The summed E-state index contributed by atoms with van der Waals surface area (Å²) in [6.07, 6.45) is 6.60. The topological polar surface area (TPSA) is 102 Å². The second kappa shape index (κ2) is 11.2. The van der Waals surface area contributed by atoms with E-state index in [1.807, 2.05) is 30.3 Å². The van der Waals surface area contributed by atoms with Crippen molar-refractivity contribution in [2.45, 2.75) is 50.9 Å². The Morgan fingerprint density at radius 2 is 2.03 bits per heavy atom. The van der Waals surface area contributed by atoms with Crippen molar-refractivity contribution < 1.29 is 24.2 Å². The number of aliphatic carboxylic acids is 1. The highest BCUT2D eigenvalue weighted by molar-refractivity contribution is 5.87. The molecule has 1 saturated carbocycles. The van der Waals surface area contributed by atoms with E-state index in [9.17, 15) is 9.59 Å². The quantitative estimate of drug-likeness (QED) is 0.343. The lowest BCUT2D eigenvalue weighted by Crippen LogP contribution is -2.49. The third kappa shape index (κ3) is 6.14. The van der Waals surface area contributed by atoms with Crippen LogP contribution in [-0.2, 0) is 25.7 Å². The summed E-state index contributed by atoms with van der Waals surface area (Å²) in [6, 6.07) is 7.47. The molecule has 7 nitrogen and oxygen atoms in total. The number of allylic oxidation sites excluding steroid dienone is 2. The second-order valence-corrected chi connectivity index (χ2v) is 7.97. The van der Waals surface area contributed by atoms with Crippen molar-refractivity contribution in [3.05, 3.63) is 42.0 Å². The van der Waals surface area contributed by atoms with Gasteiger partial charge in [-0.25, -0.2) is 0 Å². The minimum atomic E-state index is -0.772. The Labute approximate surface area is 177 Å². The van der Waals surface area contributed by atoms with E-state index >= 15 is 0 Å². The number of carboxylic acid groups (broad SMARTS) is 1. The molecule has 0 amide bonds. The van der Waals surface area contributed by atoms with E-state index in [0.29, 0.717) is 38.3 Å². The molecule has 3 atom stereocenters. The molecule has 1 heterocycles. The van der Waals surface area contributed by atoms with E-state index in [1.54, 1.807) is 0 Å². The van der Waals surface area contributed by atoms with Crippen LogP contribution in [-0.4, -0.2) is 60.2 Å². The highest BCUT2D eigenvalue weighted by Crippen LogP contribution is 2.34. The van der Waals surface area contributed by atoms with Gasteiger partial charge >= 0.3 is 5.97 Å². The number of nitrogen functional groups attached to an aromatic ring is 1. The first-order valence-corrected chi connectivity index (χ1v) is 10.7. The molecule has 30 heavy (non-hydrogen) atoms. The maximum Gasteiger partial charge on any atom is 0.303 e. The number of ketones is 1. The van der Waals surface area contributed by atoms with Crippen LogP contribution >= 0.6 is 0 Å². The van der Waals surface area contributed by atoms with Gasteiger partial charge in [-0.1, -0.05) is 30.4 Å². The third-order valence-corrected chi connectivity index (χ3v) is 5.90. The molecular weight excluding hydrogens is 384 g/mol. The van der Waals surface area contributed by atoms with Gasteiger partial charge < -0.3 is 20.3 Å². The molecule has 164 valence electrons. The van der Waals surface area contributed by atoms with E-state index in [1.165, 1.54) is 0 Å². The zero-order valence-electron chi connectivity index (χ0n) is 17.4. The van der Waals surface area contributed by atoms with Crippen molar-refractivity contribution in [2.24, 2.45) is 5.92 Å². The van der Waals surface area contributed by atoms with Gasteiger partial charge in [0.1, 0.15) is 0 Å². The summed E-state index contributed by atoms with van der Waals surface area (Å²) in [6.45, 7) is 3.20. The fourth-order valence-electron chi connectivity index (χ4n) is 4.31. The molecule has 0 aromatic heterocycles. The molecule has 1 aromatic rings. The molecule has 0 bridgehead atoms. The first kappa shape index (κ1) is 22.5. The molecule has 3 rings (SSSR count). The second-order valence-electron chi connectivity index (χ2n) is 7.97. The van der Waals surface area contributed by atoms with Gasteiger partial charge in [-0.2, -0.15) is 0 Å². The fourth-order valence-corrected chi connectivity index (χ4v) is 4.31. The minimum absolute atomic E-state index is 0.0660. The Morgan fingerprint density at radius 1 is 1.27 bits per heavy atom. The van der Waals surface area contributed by atoms with Crippen molar-refractivity contribution in [2.75, 3.05) is 32.0 Å². The minimum Gasteiger partial charge on any atom is -0.481 e. The van der Waals surface area contributed by atoms with E-state index in [2.05, 4.69) is 11.0 Å². The van der Waals surface area contributed by atoms with Crippen LogP contribution in [0.1, 0.15) is 37.7 Å². The van der Waals surface area contributed by atoms with Crippen molar-refractivity contribution >= 4 is 17.4 Å². The molecular formula is C23H32N2O5. The number of anilines is 1. The van der Waals surface area contributed by atoms with E-state index in [4.69, 9.17) is 20.3 Å². The number of para-hydroxylation sites is 1. The average molecular weight is 417 g/mol. The Balaban J connectivity index is 1.64. The number of rotatable bonds is 10. The number of hydrogen-bond donors (Lipinski definition) is 2. The number of unbranched alkanes of at least 4 members (excludes halogenated alkanes) is 1. The van der Waals surface area contributed by atoms with Crippen LogP contribution in [0.25, 0.3) is 0 Å². The van der Waals surface area contributed by atoms with Gasteiger partial charge in [-0.15, -0.1) is 0 Å². The van der Waals surface area contributed by atoms with Crippen molar-refractivity contribution in [1.29, 1.82) is 0 Å². The molecule has 0 unspecified atom stereocenters. The highest BCUT2D eigenvalue weighted by atomic mass is 16.5. The SMILES string of the molecule is Nc1ccccc1CO[C@@H]1CC(=O)[C@@H](N2CCOCC2)[C@@H]1CC=CCCCC(=O)O. The molecule has 1 saturated heterocycles. The Morgan fingerprint density at radius 3 is 2.77 bits per heavy atom. The normalized spacial score (nSPS) is 25.2. The number of morpholine rings is 1. The predicted molar refractivity (Wildman–Crippen MR) is 114 cm³/mol. The van der Waals surface area contributed by atoms with Crippen LogP contribution in [0.15, 0.2) is 36.4 Å². The van der Waals surface area contributed by atoms with Crippen LogP contribution in [0.5, 0.6) is 0 Å². The zero-order chi connectivity index (χ0) is 21.3. The molecule has 7 heteroatoms. The number of hydrogen-bond acceptors (Lipinski definition) is 6. The number of carbonyl (C=O) groups is 2. The smallest absolute Gasteiger partial charge is 0.303 e. The number of carboxylic acids is 1. The maximum atomic E-state index is 12.9. The number of benzene rings is 1. The molecule has 0 spiro atoms. The van der Waals surface area contributed by atoms with Gasteiger partial charge in [0.15, 0.2) is 5.78 Å². The Kier molecular flexibility index (Phi) is 8.42. The zero-order valence-corrected chi connectivity index (χ0v) is 17.4. The van der Waals surface area contributed by atoms with E-state index < -0.39 is 5.97 Å². The lowest BCUT2D eigenvalue weighted by molar-refractivity contribution is -0.137. The lowest BCUT2D eigenvalue weighted by Gasteiger charge is -2.35. The average Bonchev–Trinajstić information content (AvgIpc) is 3.05. The molecule has 1 aliphatic heterocycles. The molecule has 1 aromatic carbocycles. The predicted octanol–water partition coefficient (Wildman–Crippen LogP) is 2.65. The first-order chi connectivity index (χ1) is 14.6. The maximum absolute atomic E-state index is 12.9. The molecule has 1 aliphatic carbocycles. The summed E-state index contributed by atoms with van der Waals surface area (Å²) < 4.78 is 11.7.